The molecule has 0 spiro atoms. The van der Waals surface area contributed by atoms with Crippen LogP contribution >= 0.6 is 11.8 Å². The molecule has 2 aromatic rings. The van der Waals surface area contributed by atoms with Gasteiger partial charge in [-0.1, -0.05) is 6.07 Å². The summed E-state index contributed by atoms with van der Waals surface area (Å²) in [5.41, 5.74) is 1.45. The van der Waals surface area contributed by atoms with Gasteiger partial charge in [-0.15, -0.1) is 11.8 Å². The second kappa shape index (κ2) is 6.17. The molecule has 0 saturated carbocycles. The van der Waals surface area contributed by atoms with E-state index in [1.165, 1.54) is 36.0 Å². The van der Waals surface area contributed by atoms with E-state index in [0.717, 1.165) is 10.5 Å². The van der Waals surface area contributed by atoms with E-state index in [0.29, 0.717) is 11.3 Å². The minimum absolute atomic E-state index is 0.286. The number of hydrogen-bond donors (Lipinski definition) is 1. The maximum absolute atomic E-state index is 13.2. The first-order chi connectivity index (χ1) is 9.06. The molecule has 0 aliphatic heterocycles. The molecule has 4 heteroatoms. The van der Waals surface area contributed by atoms with Gasteiger partial charge in [0, 0.05) is 10.6 Å². The number of aliphatic hydroxyl groups excluding tert-OH is 1. The fourth-order valence-corrected chi connectivity index (χ4v) is 2.62. The average molecular weight is 280 g/mol. The zero-order valence-electron chi connectivity index (χ0n) is 10.4. The number of rotatable bonds is 4. The monoisotopic (exact) mass is 280 g/mol. The first-order valence-electron chi connectivity index (χ1n) is 5.89. The fourth-order valence-electron chi connectivity index (χ4n) is 1.77. The Labute approximate surface area is 115 Å². The maximum Gasteiger partial charge on any atom is 0.123 e. The molecule has 1 N–H and O–H groups in total. The zero-order chi connectivity index (χ0) is 13.8. The quantitative estimate of drug-likeness (QED) is 0.851. The van der Waals surface area contributed by atoms with Gasteiger partial charge in [0.2, 0.25) is 0 Å². The molecule has 0 radical (unpaired) electrons. The Kier molecular flexibility index (Phi) is 4.56. The lowest BCUT2D eigenvalue weighted by molar-refractivity contribution is 0.203. The van der Waals surface area contributed by atoms with Crippen molar-refractivity contribution in [1.29, 1.82) is 0 Å². The van der Waals surface area contributed by atoms with E-state index in [4.69, 9.17) is 0 Å². The van der Waals surface area contributed by atoms with Gasteiger partial charge in [-0.05, 0) is 54.4 Å². The van der Waals surface area contributed by atoms with Gasteiger partial charge in [0.25, 0.3) is 0 Å². The Morgan fingerprint density at radius 3 is 2.37 bits per heavy atom. The molecular formula is C15H14F2OS. The second-order valence-corrected chi connectivity index (χ2v) is 5.38. The van der Waals surface area contributed by atoms with Gasteiger partial charge in [-0.2, -0.15) is 0 Å². The van der Waals surface area contributed by atoms with E-state index >= 15 is 0 Å². The summed E-state index contributed by atoms with van der Waals surface area (Å²) < 4.78 is 25.9. The normalized spacial score (nSPS) is 12.4. The first-order valence-corrected chi connectivity index (χ1v) is 6.87. The Morgan fingerprint density at radius 2 is 1.68 bits per heavy atom. The molecule has 1 unspecified atom stereocenters. The summed E-state index contributed by atoms with van der Waals surface area (Å²) in [6.07, 6.45) is -0.745. The summed E-state index contributed by atoms with van der Waals surface area (Å²) in [7, 11) is 0. The van der Waals surface area contributed by atoms with Gasteiger partial charge in [-0.25, -0.2) is 8.78 Å². The van der Waals surface area contributed by atoms with E-state index in [2.05, 4.69) is 0 Å². The van der Waals surface area contributed by atoms with Crippen LogP contribution < -0.4 is 0 Å². The van der Waals surface area contributed by atoms with Crippen LogP contribution in [-0.2, 0) is 0 Å². The van der Waals surface area contributed by atoms with Gasteiger partial charge in [0.1, 0.15) is 11.6 Å². The van der Waals surface area contributed by atoms with Crippen LogP contribution in [0.1, 0.15) is 17.2 Å². The van der Waals surface area contributed by atoms with Crippen LogP contribution in [0.2, 0.25) is 0 Å². The lowest BCUT2D eigenvalue weighted by Crippen LogP contribution is -2.03. The van der Waals surface area contributed by atoms with Crippen LogP contribution in [-0.4, -0.2) is 10.9 Å². The molecule has 2 rings (SSSR count). The fraction of sp³-hybridized carbons (Fsp3) is 0.200. The maximum atomic E-state index is 13.2. The number of thioether (sulfide) groups is 1. The summed E-state index contributed by atoms with van der Waals surface area (Å²) in [6.45, 7) is 1.83. The Balaban J connectivity index is 2.03. The second-order valence-electron chi connectivity index (χ2n) is 4.28. The summed E-state index contributed by atoms with van der Waals surface area (Å²) in [4.78, 5) is 0.870. The van der Waals surface area contributed by atoms with Gasteiger partial charge in [-0.3, -0.25) is 0 Å². The number of aliphatic hydroxyl groups is 1. The van der Waals surface area contributed by atoms with Crippen LogP contribution in [0.5, 0.6) is 0 Å². The molecule has 2 aromatic carbocycles. The highest BCUT2D eigenvalue weighted by atomic mass is 32.2. The molecule has 0 fully saturated rings. The van der Waals surface area contributed by atoms with Crippen molar-refractivity contribution in [1.82, 2.24) is 0 Å². The summed E-state index contributed by atoms with van der Waals surface area (Å²) in [6, 6.07) is 10.4. The smallest absolute Gasteiger partial charge is 0.123 e. The molecule has 0 aliphatic rings. The first kappa shape index (κ1) is 14.0. The van der Waals surface area contributed by atoms with Crippen molar-refractivity contribution in [3.63, 3.8) is 0 Å². The lowest BCUT2D eigenvalue weighted by Gasteiger charge is -2.13. The van der Waals surface area contributed by atoms with Crippen molar-refractivity contribution in [2.75, 3.05) is 5.75 Å². The highest BCUT2D eigenvalue weighted by molar-refractivity contribution is 7.99. The predicted octanol–water partition coefficient (Wildman–Crippen LogP) is 4.10. The Hall–Kier alpha value is -1.39. The van der Waals surface area contributed by atoms with E-state index in [-0.39, 0.29) is 11.6 Å². The van der Waals surface area contributed by atoms with Crippen LogP contribution in [0.4, 0.5) is 8.78 Å². The predicted molar refractivity (Wildman–Crippen MR) is 73.2 cm³/mol. The largest absolute Gasteiger partial charge is 0.388 e. The van der Waals surface area contributed by atoms with Crippen molar-refractivity contribution in [2.45, 2.75) is 17.9 Å². The van der Waals surface area contributed by atoms with E-state index < -0.39 is 6.10 Å². The molecule has 19 heavy (non-hydrogen) atoms. The molecule has 0 amide bonds. The topological polar surface area (TPSA) is 20.2 Å². The SMILES string of the molecule is Cc1ccc(F)cc1C(O)CSc1ccc(F)cc1. The van der Waals surface area contributed by atoms with Gasteiger partial charge < -0.3 is 5.11 Å². The third kappa shape index (κ3) is 3.78. The third-order valence-corrected chi connectivity index (χ3v) is 3.91. The number of hydrogen-bond acceptors (Lipinski definition) is 2. The van der Waals surface area contributed by atoms with Crippen LogP contribution in [0.15, 0.2) is 47.4 Å². The van der Waals surface area contributed by atoms with Crippen LogP contribution in [0.25, 0.3) is 0 Å². The molecule has 0 aliphatic carbocycles. The number of halogens is 2. The standard InChI is InChI=1S/C15H14F2OS/c1-10-2-3-12(17)8-14(10)15(18)9-19-13-6-4-11(16)5-7-13/h2-8,15,18H,9H2,1H3. The average Bonchev–Trinajstić information content (AvgIpc) is 2.40. The van der Waals surface area contributed by atoms with Crippen molar-refractivity contribution >= 4 is 11.8 Å². The molecular weight excluding hydrogens is 266 g/mol. The van der Waals surface area contributed by atoms with E-state index in [1.54, 1.807) is 18.2 Å². The molecule has 0 aromatic heterocycles. The van der Waals surface area contributed by atoms with Crippen LogP contribution in [0.3, 0.4) is 0 Å². The van der Waals surface area contributed by atoms with E-state index in [1.807, 2.05) is 6.92 Å². The van der Waals surface area contributed by atoms with E-state index in [9.17, 15) is 13.9 Å². The van der Waals surface area contributed by atoms with Crippen molar-refractivity contribution in [3.8, 4) is 0 Å². The van der Waals surface area contributed by atoms with Crippen molar-refractivity contribution in [3.05, 3.63) is 65.2 Å². The molecule has 0 heterocycles. The summed E-state index contributed by atoms with van der Waals surface area (Å²) >= 11 is 1.41. The van der Waals surface area contributed by atoms with Crippen LogP contribution in [0, 0.1) is 18.6 Å². The lowest BCUT2D eigenvalue weighted by atomic mass is 10.0. The van der Waals surface area contributed by atoms with Gasteiger partial charge in [0.15, 0.2) is 0 Å². The molecule has 1 nitrogen and oxygen atoms in total. The summed E-state index contributed by atoms with van der Waals surface area (Å²) in [5, 5.41) is 10.1. The number of benzene rings is 2. The molecule has 0 saturated heterocycles. The highest BCUT2D eigenvalue weighted by Crippen LogP contribution is 2.26. The van der Waals surface area contributed by atoms with Crippen molar-refractivity contribution in [2.24, 2.45) is 0 Å². The number of aryl methyl sites for hydroxylation is 1. The highest BCUT2D eigenvalue weighted by Gasteiger charge is 2.12. The van der Waals surface area contributed by atoms with Gasteiger partial charge >= 0.3 is 0 Å². The minimum atomic E-state index is -0.745. The third-order valence-electron chi connectivity index (χ3n) is 2.82. The Morgan fingerprint density at radius 1 is 1.05 bits per heavy atom. The zero-order valence-corrected chi connectivity index (χ0v) is 11.3. The molecule has 0 bridgehead atoms. The Bertz CT molecular complexity index is 555. The summed E-state index contributed by atoms with van der Waals surface area (Å²) in [5.74, 6) is -0.243. The molecule has 100 valence electrons. The molecule has 1 atom stereocenters. The van der Waals surface area contributed by atoms with Gasteiger partial charge in [0.05, 0.1) is 6.10 Å². The van der Waals surface area contributed by atoms with Crippen molar-refractivity contribution < 1.29 is 13.9 Å². The minimum Gasteiger partial charge on any atom is -0.388 e.